The van der Waals surface area contributed by atoms with Crippen LogP contribution in [0.2, 0.25) is 0 Å². The zero-order valence-electron chi connectivity index (χ0n) is 17.8. The Morgan fingerprint density at radius 2 is 2.00 bits per heavy atom. The molecule has 1 aliphatic rings. The molecule has 7 heteroatoms. The number of hydrogen-bond acceptors (Lipinski definition) is 6. The van der Waals surface area contributed by atoms with E-state index < -0.39 is 0 Å². The summed E-state index contributed by atoms with van der Waals surface area (Å²) in [5, 5.41) is 8.75. The first kappa shape index (κ1) is 19.8. The quantitative estimate of drug-likeness (QED) is 0.659. The highest BCUT2D eigenvalue weighted by Gasteiger charge is 2.29. The minimum absolute atomic E-state index is 0.00314. The molecule has 2 atom stereocenters. The summed E-state index contributed by atoms with van der Waals surface area (Å²) in [5.74, 6) is 1.23. The molecular weight excluding hydrogens is 366 g/mol. The van der Waals surface area contributed by atoms with Gasteiger partial charge in [-0.25, -0.2) is 0 Å². The van der Waals surface area contributed by atoms with E-state index in [9.17, 15) is 0 Å². The van der Waals surface area contributed by atoms with E-state index in [1.807, 2.05) is 18.7 Å². The van der Waals surface area contributed by atoms with Gasteiger partial charge >= 0.3 is 0 Å². The molecule has 0 bridgehead atoms. The molecule has 0 aliphatic carbocycles. The number of aromatic nitrogens is 4. The lowest BCUT2D eigenvalue weighted by molar-refractivity contribution is -0.0381. The Hall–Kier alpha value is -2.51. The van der Waals surface area contributed by atoms with Crippen molar-refractivity contribution in [3.8, 4) is 0 Å². The average molecular weight is 396 g/mol. The smallest absolute Gasteiger partial charge is 0.234 e. The lowest BCUT2D eigenvalue weighted by Crippen LogP contribution is -2.38. The summed E-state index contributed by atoms with van der Waals surface area (Å²) in [5.41, 5.74) is 5.92. The number of hydrogen-bond donors (Lipinski definition) is 0. The molecule has 0 spiro atoms. The van der Waals surface area contributed by atoms with Crippen LogP contribution < -0.4 is 0 Å². The summed E-state index contributed by atoms with van der Waals surface area (Å²) in [6.07, 6.45) is -0.173. The van der Waals surface area contributed by atoms with E-state index in [0.29, 0.717) is 18.3 Å². The maximum absolute atomic E-state index is 5.97. The summed E-state index contributed by atoms with van der Waals surface area (Å²) in [4.78, 5) is 7.09. The van der Waals surface area contributed by atoms with Crippen molar-refractivity contribution < 1.29 is 9.26 Å². The Kier molecular flexibility index (Phi) is 5.52. The normalized spacial score (nSPS) is 18.9. The van der Waals surface area contributed by atoms with Gasteiger partial charge in [0.1, 0.15) is 6.10 Å². The fraction of sp³-hybridized carbons (Fsp3) is 0.500. The molecule has 0 N–H and O–H groups in total. The molecule has 29 heavy (non-hydrogen) atoms. The van der Waals surface area contributed by atoms with Gasteiger partial charge in [0, 0.05) is 37.9 Å². The predicted molar refractivity (Wildman–Crippen MR) is 110 cm³/mol. The van der Waals surface area contributed by atoms with Crippen molar-refractivity contribution >= 4 is 0 Å². The Balaban J connectivity index is 1.48. The molecule has 1 aliphatic heterocycles. The second kappa shape index (κ2) is 8.08. The average Bonchev–Trinajstić information content (AvgIpc) is 3.29. The first-order valence-electron chi connectivity index (χ1n) is 10.2. The minimum atomic E-state index is -0.173. The summed E-state index contributed by atoms with van der Waals surface area (Å²) < 4.78 is 13.5. The number of nitrogens with zero attached hydrogens (tertiary/aromatic N) is 5. The van der Waals surface area contributed by atoms with Gasteiger partial charge in [0.05, 0.1) is 18.2 Å². The molecule has 154 valence electrons. The van der Waals surface area contributed by atoms with Crippen LogP contribution in [0.4, 0.5) is 0 Å². The summed E-state index contributed by atoms with van der Waals surface area (Å²) >= 11 is 0. The monoisotopic (exact) mass is 395 g/mol. The molecule has 0 amide bonds. The van der Waals surface area contributed by atoms with Crippen molar-refractivity contribution in [2.24, 2.45) is 7.05 Å². The van der Waals surface area contributed by atoms with Gasteiger partial charge in [-0.15, -0.1) is 0 Å². The highest BCUT2D eigenvalue weighted by atomic mass is 16.5. The topological polar surface area (TPSA) is 69.2 Å². The number of rotatable bonds is 5. The number of ether oxygens (including phenoxy) is 1. The van der Waals surface area contributed by atoms with E-state index in [-0.39, 0.29) is 12.0 Å². The highest BCUT2D eigenvalue weighted by Crippen LogP contribution is 2.30. The molecule has 3 heterocycles. The van der Waals surface area contributed by atoms with Gasteiger partial charge in [-0.2, -0.15) is 10.1 Å². The molecular formula is C22H29N5O2. The lowest BCUT2D eigenvalue weighted by atomic mass is 9.99. The third kappa shape index (κ3) is 3.97. The second-order valence-corrected chi connectivity index (χ2v) is 7.94. The number of morpholine rings is 1. The fourth-order valence-electron chi connectivity index (χ4n) is 4.12. The molecule has 7 nitrogen and oxygen atoms in total. The summed E-state index contributed by atoms with van der Waals surface area (Å²) in [6.45, 7) is 11.6. The molecule has 2 aromatic heterocycles. The van der Waals surface area contributed by atoms with Crippen LogP contribution in [0.15, 0.2) is 28.8 Å². The van der Waals surface area contributed by atoms with E-state index in [2.05, 4.69) is 60.2 Å². The first-order valence-corrected chi connectivity index (χ1v) is 10.2. The number of aryl methyl sites for hydroxylation is 3. The summed E-state index contributed by atoms with van der Waals surface area (Å²) in [6, 6.07) is 8.51. The highest BCUT2D eigenvalue weighted by molar-refractivity contribution is 5.32. The van der Waals surface area contributed by atoms with Gasteiger partial charge in [0.25, 0.3) is 0 Å². The van der Waals surface area contributed by atoms with E-state index in [1.54, 1.807) is 0 Å². The largest absolute Gasteiger partial charge is 0.367 e. The third-order valence-electron chi connectivity index (χ3n) is 5.92. The van der Waals surface area contributed by atoms with Crippen LogP contribution in [0.1, 0.15) is 58.7 Å². The molecule has 0 radical (unpaired) electrons. The van der Waals surface area contributed by atoms with Gasteiger partial charge in [-0.05, 0) is 38.8 Å². The first-order chi connectivity index (χ1) is 13.9. The molecule has 0 saturated carbocycles. The van der Waals surface area contributed by atoms with Crippen molar-refractivity contribution in [2.45, 2.75) is 46.3 Å². The van der Waals surface area contributed by atoms with Crippen LogP contribution in [0.5, 0.6) is 0 Å². The lowest BCUT2D eigenvalue weighted by Gasteiger charge is -2.31. The predicted octanol–water partition coefficient (Wildman–Crippen LogP) is 3.45. The molecule has 1 fully saturated rings. The Morgan fingerprint density at radius 1 is 1.21 bits per heavy atom. The van der Waals surface area contributed by atoms with Gasteiger partial charge < -0.3 is 9.26 Å². The van der Waals surface area contributed by atoms with Crippen molar-refractivity contribution in [2.75, 3.05) is 19.7 Å². The number of benzene rings is 1. The van der Waals surface area contributed by atoms with Gasteiger partial charge in [-0.3, -0.25) is 9.58 Å². The van der Waals surface area contributed by atoms with Gasteiger partial charge in [0.2, 0.25) is 11.7 Å². The third-order valence-corrected chi connectivity index (χ3v) is 5.92. The van der Waals surface area contributed by atoms with E-state index >= 15 is 0 Å². The van der Waals surface area contributed by atoms with Crippen LogP contribution in [0.3, 0.4) is 0 Å². The second-order valence-electron chi connectivity index (χ2n) is 7.94. The summed E-state index contributed by atoms with van der Waals surface area (Å²) in [7, 11) is 1.96. The molecule has 2 unspecified atom stereocenters. The molecule has 4 rings (SSSR count). The Labute approximate surface area is 171 Å². The van der Waals surface area contributed by atoms with Crippen LogP contribution in [0.25, 0.3) is 0 Å². The fourth-order valence-corrected chi connectivity index (χ4v) is 4.12. The maximum atomic E-state index is 5.97. The van der Waals surface area contributed by atoms with Crippen molar-refractivity contribution in [1.82, 2.24) is 24.8 Å². The van der Waals surface area contributed by atoms with Crippen molar-refractivity contribution in [1.29, 1.82) is 0 Å². The Bertz CT molecular complexity index is 993. The maximum Gasteiger partial charge on any atom is 0.234 e. The minimum Gasteiger partial charge on any atom is -0.367 e. The van der Waals surface area contributed by atoms with Crippen molar-refractivity contribution in [3.05, 3.63) is 64.1 Å². The van der Waals surface area contributed by atoms with Crippen LogP contribution >= 0.6 is 0 Å². The standard InChI is InChI=1S/C22H29N5O2/c1-14-8-6-7-9-18(14)12-27-10-11-28-19(13-27)21-23-22(29-25-21)15(2)20-16(3)24-26(5)17(20)4/h6-9,15,19H,10-13H2,1-5H3. The van der Waals surface area contributed by atoms with E-state index in [4.69, 9.17) is 14.2 Å². The van der Waals surface area contributed by atoms with Crippen LogP contribution in [0, 0.1) is 20.8 Å². The SMILES string of the molecule is Cc1ccccc1CN1CCOC(c2noc(C(C)c3c(C)nn(C)c3C)n2)C1. The van der Waals surface area contributed by atoms with Crippen LogP contribution in [-0.4, -0.2) is 44.5 Å². The zero-order valence-corrected chi connectivity index (χ0v) is 17.8. The van der Waals surface area contributed by atoms with Crippen LogP contribution in [-0.2, 0) is 18.3 Å². The van der Waals surface area contributed by atoms with E-state index in [1.165, 1.54) is 11.1 Å². The molecule has 1 saturated heterocycles. The van der Waals surface area contributed by atoms with Gasteiger partial charge in [-0.1, -0.05) is 29.4 Å². The molecule has 1 aromatic carbocycles. The van der Waals surface area contributed by atoms with Crippen molar-refractivity contribution in [3.63, 3.8) is 0 Å². The van der Waals surface area contributed by atoms with E-state index in [0.717, 1.165) is 36.6 Å². The Morgan fingerprint density at radius 3 is 2.72 bits per heavy atom. The zero-order chi connectivity index (χ0) is 20.5. The molecule has 3 aromatic rings. The van der Waals surface area contributed by atoms with Gasteiger partial charge in [0.15, 0.2) is 0 Å².